The van der Waals surface area contributed by atoms with Gasteiger partial charge in [0.05, 0.1) is 22.8 Å². The van der Waals surface area contributed by atoms with Crippen LogP contribution in [0.5, 0.6) is 0 Å². The second-order valence-electron chi connectivity index (χ2n) is 14.2. The van der Waals surface area contributed by atoms with E-state index in [0.717, 1.165) is 54.4 Å². The van der Waals surface area contributed by atoms with E-state index in [4.69, 9.17) is 0 Å². The predicted molar refractivity (Wildman–Crippen MR) is 199 cm³/mol. The molecule has 0 unspecified atom stereocenters. The number of aryl methyl sites for hydroxylation is 1. The van der Waals surface area contributed by atoms with Crippen molar-refractivity contribution < 1.29 is 26.3 Å². The summed E-state index contributed by atoms with van der Waals surface area (Å²) in [4.78, 5) is 6.72. The molecule has 4 aromatic rings. The Hall–Kier alpha value is -3.60. The highest BCUT2D eigenvalue weighted by Crippen LogP contribution is 2.41. The maximum absolute atomic E-state index is 13.4. The molecular weight excluding hydrogens is 676 g/mol. The highest BCUT2D eigenvalue weighted by Gasteiger charge is 2.37. The molecular formula is C41H55F6N5. The molecule has 0 bridgehead atoms. The summed E-state index contributed by atoms with van der Waals surface area (Å²) in [6.07, 6.45) is 5.76. The molecule has 1 saturated carbocycles. The first-order chi connectivity index (χ1) is 24.8. The van der Waals surface area contributed by atoms with Gasteiger partial charge in [-0.05, 0) is 106 Å². The number of alkyl halides is 6. The zero-order chi connectivity index (χ0) is 37.9. The summed E-state index contributed by atoms with van der Waals surface area (Å²) < 4.78 is 82.3. The number of fused-ring (bicyclic) bond motifs is 1. The average Bonchev–Trinajstić information content (AvgIpc) is 3.49. The third-order valence-corrected chi connectivity index (χ3v) is 10.0. The van der Waals surface area contributed by atoms with Crippen LogP contribution < -0.4 is 5.32 Å². The Balaban J connectivity index is 0.000000530. The van der Waals surface area contributed by atoms with Gasteiger partial charge in [0.1, 0.15) is 0 Å². The largest absolute Gasteiger partial charge is 0.416 e. The zero-order valence-electron chi connectivity index (χ0n) is 31.3. The van der Waals surface area contributed by atoms with Gasteiger partial charge in [0.2, 0.25) is 5.95 Å². The minimum atomic E-state index is -4.95. The number of nitrogens with one attached hydrogen (secondary N) is 1. The van der Waals surface area contributed by atoms with Gasteiger partial charge in [-0.15, -0.1) is 5.10 Å². The van der Waals surface area contributed by atoms with Crippen molar-refractivity contribution in [2.24, 2.45) is 5.92 Å². The summed E-state index contributed by atoms with van der Waals surface area (Å²) in [5.74, 6) is 0.840. The molecule has 0 spiro atoms. The number of hydrogen-bond acceptors (Lipinski definition) is 4. The molecule has 0 saturated heterocycles. The summed E-state index contributed by atoms with van der Waals surface area (Å²) in [6.45, 7) is 11.3. The standard InChI is InChI=1S/C32H34F6N4.C9H21N/c1-3-5-6-21-9-13-23(14-10-21)28-18-27(22-11-7-20(4-2)8-12-22)29-19-39-30(41-42(28)29)40-26-16-24(31(33,34)35)15-25(17-26)32(36,37)38;1-4-6-7-9-10(3)8-5-2/h7-8,11-12,15-19,21,23H,3-6,9-10,13-14H2,1-2H3,(H,40,41);4-9H2,1-3H3. The molecule has 2 heterocycles. The fourth-order valence-corrected chi connectivity index (χ4v) is 7.04. The van der Waals surface area contributed by atoms with Crippen molar-refractivity contribution in [1.29, 1.82) is 0 Å². The Labute approximate surface area is 305 Å². The molecule has 0 aliphatic heterocycles. The fourth-order valence-electron chi connectivity index (χ4n) is 7.04. The number of unbranched alkanes of at least 4 members (excludes halogenated alkanes) is 3. The van der Waals surface area contributed by atoms with Crippen molar-refractivity contribution in [3.63, 3.8) is 0 Å². The van der Waals surface area contributed by atoms with E-state index in [1.807, 2.05) is 12.1 Å². The first-order valence-electron chi connectivity index (χ1n) is 19.0. The number of aromatic nitrogens is 3. The van der Waals surface area contributed by atoms with E-state index in [1.165, 1.54) is 63.6 Å². The van der Waals surface area contributed by atoms with E-state index in [2.05, 4.69) is 73.2 Å². The molecule has 11 heteroatoms. The SMILES string of the molecule is CCCCC1CCC(c2cc(-c3ccc(CC)cc3)c3cnc(Nc4cc(C(F)(F)F)cc(C(F)(F)F)c4)nn23)CC1.CCCCCN(C)CCC. The molecule has 286 valence electrons. The lowest BCUT2D eigenvalue weighted by atomic mass is 9.78. The number of anilines is 2. The van der Waals surface area contributed by atoms with E-state index in [1.54, 1.807) is 10.7 Å². The van der Waals surface area contributed by atoms with Crippen LogP contribution in [0.2, 0.25) is 0 Å². The number of hydrogen-bond donors (Lipinski definition) is 1. The summed E-state index contributed by atoms with van der Waals surface area (Å²) in [6, 6.07) is 11.7. The number of benzene rings is 2. The molecule has 52 heavy (non-hydrogen) atoms. The maximum atomic E-state index is 13.4. The van der Waals surface area contributed by atoms with Crippen LogP contribution in [0.3, 0.4) is 0 Å². The average molecular weight is 732 g/mol. The monoisotopic (exact) mass is 731 g/mol. The lowest BCUT2D eigenvalue weighted by molar-refractivity contribution is -0.143. The van der Waals surface area contributed by atoms with Crippen molar-refractivity contribution in [3.05, 3.63) is 77.1 Å². The maximum Gasteiger partial charge on any atom is 0.416 e. The zero-order valence-corrected chi connectivity index (χ0v) is 31.3. The van der Waals surface area contributed by atoms with Crippen LogP contribution in [0.25, 0.3) is 16.6 Å². The molecule has 2 aromatic carbocycles. The van der Waals surface area contributed by atoms with Crippen LogP contribution >= 0.6 is 0 Å². The fraction of sp³-hybridized carbons (Fsp3) is 0.561. The number of nitrogens with zero attached hydrogens (tertiary/aromatic N) is 4. The van der Waals surface area contributed by atoms with E-state index < -0.39 is 29.2 Å². The van der Waals surface area contributed by atoms with Crippen molar-refractivity contribution in [2.45, 2.75) is 123 Å². The van der Waals surface area contributed by atoms with Crippen molar-refractivity contribution in [1.82, 2.24) is 19.5 Å². The van der Waals surface area contributed by atoms with Crippen molar-refractivity contribution in [3.8, 4) is 11.1 Å². The molecule has 1 aliphatic carbocycles. The number of rotatable bonds is 14. The lowest BCUT2D eigenvalue weighted by Crippen LogP contribution is -2.20. The molecule has 1 aliphatic rings. The lowest BCUT2D eigenvalue weighted by Gasteiger charge is -2.28. The summed E-state index contributed by atoms with van der Waals surface area (Å²) >= 11 is 0. The van der Waals surface area contributed by atoms with Crippen molar-refractivity contribution in [2.75, 3.05) is 25.5 Å². The minimum absolute atomic E-state index is 0.0867. The van der Waals surface area contributed by atoms with Gasteiger partial charge < -0.3 is 10.2 Å². The minimum Gasteiger partial charge on any atom is -0.323 e. The highest BCUT2D eigenvalue weighted by atomic mass is 19.4. The second kappa shape index (κ2) is 18.9. The first-order valence-corrected chi connectivity index (χ1v) is 19.0. The van der Waals surface area contributed by atoms with Gasteiger partial charge >= 0.3 is 12.4 Å². The van der Waals surface area contributed by atoms with Gasteiger partial charge in [-0.2, -0.15) is 26.3 Å². The van der Waals surface area contributed by atoms with Crippen LogP contribution in [-0.2, 0) is 18.8 Å². The molecule has 2 aromatic heterocycles. The van der Waals surface area contributed by atoms with Gasteiger partial charge in [-0.3, -0.25) is 0 Å². The van der Waals surface area contributed by atoms with Crippen LogP contribution in [0.1, 0.15) is 127 Å². The Morgan fingerprint density at radius 3 is 1.96 bits per heavy atom. The third-order valence-electron chi connectivity index (χ3n) is 10.0. The van der Waals surface area contributed by atoms with Gasteiger partial charge in [0.15, 0.2) is 0 Å². The summed E-state index contributed by atoms with van der Waals surface area (Å²) in [5, 5.41) is 7.21. The Morgan fingerprint density at radius 1 is 0.769 bits per heavy atom. The third kappa shape index (κ3) is 11.4. The second-order valence-corrected chi connectivity index (χ2v) is 14.2. The molecule has 0 atom stereocenters. The summed E-state index contributed by atoms with van der Waals surface area (Å²) in [5.41, 5.74) is 1.63. The Morgan fingerprint density at radius 2 is 1.40 bits per heavy atom. The summed E-state index contributed by atoms with van der Waals surface area (Å²) in [7, 11) is 2.21. The van der Waals surface area contributed by atoms with Crippen LogP contribution in [0.4, 0.5) is 38.0 Å². The van der Waals surface area contributed by atoms with Gasteiger partial charge in [-0.1, -0.05) is 84.1 Å². The quantitative estimate of drug-likeness (QED) is 0.104. The molecule has 5 rings (SSSR count). The van der Waals surface area contributed by atoms with E-state index in [9.17, 15) is 26.3 Å². The number of halogens is 6. The molecule has 5 nitrogen and oxygen atoms in total. The molecule has 0 amide bonds. The topological polar surface area (TPSA) is 45.5 Å². The van der Waals surface area contributed by atoms with Crippen molar-refractivity contribution >= 4 is 17.2 Å². The van der Waals surface area contributed by atoms with Crippen LogP contribution in [0, 0.1) is 5.92 Å². The van der Waals surface area contributed by atoms with E-state index >= 15 is 0 Å². The highest BCUT2D eigenvalue weighted by molar-refractivity contribution is 5.81. The predicted octanol–water partition coefficient (Wildman–Crippen LogP) is 12.7. The Bertz CT molecular complexity index is 1640. The molecule has 1 fully saturated rings. The smallest absolute Gasteiger partial charge is 0.323 e. The van der Waals surface area contributed by atoms with Crippen LogP contribution in [0.15, 0.2) is 54.7 Å². The van der Waals surface area contributed by atoms with E-state index in [-0.39, 0.29) is 17.9 Å². The first kappa shape index (κ1) is 41.2. The van der Waals surface area contributed by atoms with Gasteiger partial charge in [-0.25, -0.2) is 9.50 Å². The van der Waals surface area contributed by atoms with Gasteiger partial charge in [0, 0.05) is 22.9 Å². The molecule has 0 radical (unpaired) electrons. The molecule has 1 N–H and O–H groups in total. The Kier molecular flexibility index (Phi) is 15.0. The van der Waals surface area contributed by atoms with Gasteiger partial charge in [0.25, 0.3) is 0 Å². The van der Waals surface area contributed by atoms with E-state index in [0.29, 0.717) is 18.1 Å². The van der Waals surface area contributed by atoms with Crippen LogP contribution in [-0.4, -0.2) is 39.6 Å². The normalized spacial score (nSPS) is 16.6.